The molecule has 0 bridgehead atoms. The predicted molar refractivity (Wildman–Crippen MR) is 64.5 cm³/mol. The fraction of sp³-hybridized carbons (Fsp3) is 0.111. The molecule has 1 aromatic carbocycles. The van der Waals surface area contributed by atoms with Gasteiger partial charge >= 0.3 is 0 Å². The van der Waals surface area contributed by atoms with Crippen LogP contribution in [0.15, 0.2) is 22.9 Å². The summed E-state index contributed by atoms with van der Waals surface area (Å²) in [5.74, 6) is -0.170. The van der Waals surface area contributed by atoms with E-state index in [2.05, 4.69) is 36.4 Å². The van der Waals surface area contributed by atoms with Crippen molar-refractivity contribution in [2.75, 3.05) is 5.32 Å². The van der Waals surface area contributed by atoms with Gasteiger partial charge in [0.05, 0.1) is 22.0 Å². The Morgan fingerprint density at radius 1 is 1.56 bits per heavy atom. The van der Waals surface area contributed by atoms with E-state index in [9.17, 15) is 14.5 Å². The van der Waals surface area contributed by atoms with E-state index in [0.29, 0.717) is 5.82 Å². The maximum Gasteiger partial charge on any atom is 0.295 e. The average molecular weight is 316 g/mol. The summed E-state index contributed by atoms with van der Waals surface area (Å²) in [7, 11) is 0. The molecule has 18 heavy (non-hydrogen) atoms. The minimum atomic E-state index is -0.688. The summed E-state index contributed by atoms with van der Waals surface area (Å²) >= 11 is 2.97. The number of aromatic amines is 1. The Hall–Kier alpha value is -2.03. The van der Waals surface area contributed by atoms with Crippen LogP contribution in [0.1, 0.15) is 5.82 Å². The maximum absolute atomic E-state index is 13.2. The Morgan fingerprint density at radius 2 is 2.33 bits per heavy atom. The molecule has 9 heteroatoms. The summed E-state index contributed by atoms with van der Waals surface area (Å²) in [6.45, 7) is 0.221. The highest BCUT2D eigenvalue weighted by molar-refractivity contribution is 9.10. The van der Waals surface area contributed by atoms with Crippen molar-refractivity contribution < 1.29 is 9.31 Å². The zero-order valence-electron chi connectivity index (χ0n) is 8.85. The van der Waals surface area contributed by atoms with Crippen LogP contribution in [-0.2, 0) is 6.54 Å². The van der Waals surface area contributed by atoms with Crippen molar-refractivity contribution in [1.82, 2.24) is 15.2 Å². The highest BCUT2D eigenvalue weighted by atomic mass is 79.9. The fourth-order valence-corrected chi connectivity index (χ4v) is 1.67. The summed E-state index contributed by atoms with van der Waals surface area (Å²) in [5.41, 5.74) is -0.139. The molecule has 0 aliphatic heterocycles. The smallest absolute Gasteiger partial charge is 0.295 e. The number of nitrogens with one attached hydrogen (secondary N) is 2. The molecule has 7 nitrogen and oxygen atoms in total. The standard InChI is InChI=1S/C9H7BrFN5O2/c10-5-1-7(8(16(17)18)2-6(5)11)12-3-9-13-4-14-15-9/h1-2,4,12H,3H2,(H,13,14,15). The molecule has 1 heterocycles. The molecule has 0 aliphatic carbocycles. The quantitative estimate of drug-likeness (QED) is 0.666. The first-order valence-electron chi connectivity index (χ1n) is 4.79. The second-order valence-electron chi connectivity index (χ2n) is 3.33. The fourth-order valence-electron chi connectivity index (χ4n) is 1.32. The molecule has 1 aromatic heterocycles. The number of anilines is 1. The van der Waals surface area contributed by atoms with Gasteiger partial charge in [-0.05, 0) is 22.0 Å². The lowest BCUT2D eigenvalue weighted by molar-refractivity contribution is -0.384. The van der Waals surface area contributed by atoms with Crippen molar-refractivity contribution in [2.45, 2.75) is 6.54 Å². The van der Waals surface area contributed by atoms with Gasteiger partial charge < -0.3 is 5.32 Å². The third-order valence-corrected chi connectivity index (χ3v) is 2.75. The van der Waals surface area contributed by atoms with Crippen LogP contribution in [0, 0.1) is 15.9 Å². The number of nitro groups is 1. The molecule has 0 aliphatic rings. The van der Waals surface area contributed by atoms with Crippen LogP contribution >= 0.6 is 15.9 Å². The second-order valence-corrected chi connectivity index (χ2v) is 4.18. The van der Waals surface area contributed by atoms with E-state index in [1.54, 1.807) is 0 Å². The molecule has 2 N–H and O–H groups in total. The van der Waals surface area contributed by atoms with Gasteiger partial charge in [0.25, 0.3) is 5.69 Å². The number of aromatic nitrogens is 3. The molecule has 0 radical (unpaired) electrons. The van der Waals surface area contributed by atoms with Gasteiger partial charge in [-0.1, -0.05) is 0 Å². The zero-order valence-corrected chi connectivity index (χ0v) is 10.4. The molecular weight excluding hydrogens is 309 g/mol. The van der Waals surface area contributed by atoms with E-state index in [1.807, 2.05) is 0 Å². The topological polar surface area (TPSA) is 96.7 Å². The molecule has 94 valence electrons. The predicted octanol–water partition coefficient (Wildman–Crippen LogP) is 2.23. The Labute approximate surface area is 109 Å². The first-order chi connectivity index (χ1) is 8.58. The summed E-state index contributed by atoms with van der Waals surface area (Å²) in [6.07, 6.45) is 1.33. The first kappa shape index (κ1) is 12.4. The largest absolute Gasteiger partial charge is 0.372 e. The van der Waals surface area contributed by atoms with Gasteiger partial charge in [-0.25, -0.2) is 9.37 Å². The summed E-state index contributed by atoms with van der Waals surface area (Å²) in [4.78, 5) is 14.0. The summed E-state index contributed by atoms with van der Waals surface area (Å²) < 4.78 is 13.4. The van der Waals surface area contributed by atoms with E-state index >= 15 is 0 Å². The number of rotatable bonds is 4. The van der Waals surface area contributed by atoms with Gasteiger partial charge in [0.15, 0.2) is 0 Å². The van der Waals surface area contributed by atoms with Gasteiger partial charge in [0.2, 0.25) is 0 Å². The van der Waals surface area contributed by atoms with Gasteiger partial charge in [-0.15, -0.1) is 0 Å². The Kier molecular flexibility index (Phi) is 3.51. The van der Waals surface area contributed by atoms with E-state index in [1.165, 1.54) is 12.4 Å². The van der Waals surface area contributed by atoms with Crippen LogP contribution in [0.3, 0.4) is 0 Å². The van der Waals surface area contributed by atoms with Crippen molar-refractivity contribution in [1.29, 1.82) is 0 Å². The molecule has 0 amide bonds. The number of halogens is 2. The van der Waals surface area contributed by atoms with Gasteiger partial charge in [0, 0.05) is 0 Å². The van der Waals surface area contributed by atoms with E-state index in [0.717, 1.165) is 6.07 Å². The second kappa shape index (κ2) is 5.08. The number of H-pyrrole nitrogens is 1. The first-order valence-corrected chi connectivity index (χ1v) is 5.59. The number of nitrogens with zero attached hydrogens (tertiary/aromatic N) is 3. The van der Waals surface area contributed by atoms with Crippen LogP contribution in [-0.4, -0.2) is 20.1 Å². The Balaban J connectivity index is 2.25. The van der Waals surface area contributed by atoms with E-state index in [4.69, 9.17) is 0 Å². The molecule has 0 fully saturated rings. The highest BCUT2D eigenvalue weighted by Crippen LogP contribution is 2.30. The summed E-state index contributed by atoms with van der Waals surface area (Å²) in [6, 6.07) is 2.16. The van der Waals surface area contributed by atoms with Gasteiger partial charge in [0.1, 0.15) is 23.7 Å². The van der Waals surface area contributed by atoms with Crippen LogP contribution in [0.25, 0.3) is 0 Å². The monoisotopic (exact) mass is 315 g/mol. The van der Waals surface area contributed by atoms with Crippen molar-refractivity contribution in [2.24, 2.45) is 0 Å². The SMILES string of the molecule is O=[N+]([O-])c1cc(F)c(Br)cc1NCc1ncn[nH]1. The number of hydrogen-bond acceptors (Lipinski definition) is 5. The zero-order chi connectivity index (χ0) is 13.1. The summed E-state index contributed by atoms with van der Waals surface area (Å²) in [5, 5.41) is 19.8. The third-order valence-electron chi connectivity index (χ3n) is 2.15. The molecule has 0 atom stereocenters. The Bertz CT molecular complexity index is 575. The lowest BCUT2D eigenvalue weighted by Crippen LogP contribution is -2.04. The van der Waals surface area contributed by atoms with Crippen molar-refractivity contribution in [3.8, 4) is 0 Å². The molecular formula is C9H7BrFN5O2. The average Bonchev–Trinajstić information content (AvgIpc) is 2.83. The molecule has 0 unspecified atom stereocenters. The number of hydrogen-bond donors (Lipinski definition) is 2. The van der Waals surface area contributed by atoms with Gasteiger partial charge in [-0.3, -0.25) is 15.2 Å². The minimum Gasteiger partial charge on any atom is -0.372 e. The van der Waals surface area contributed by atoms with Crippen LogP contribution in [0.5, 0.6) is 0 Å². The maximum atomic E-state index is 13.2. The third kappa shape index (κ3) is 2.62. The normalized spacial score (nSPS) is 10.3. The number of benzene rings is 1. The lowest BCUT2D eigenvalue weighted by Gasteiger charge is -2.06. The van der Waals surface area contributed by atoms with Crippen molar-refractivity contribution in [3.63, 3.8) is 0 Å². The van der Waals surface area contributed by atoms with Crippen LogP contribution < -0.4 is 5.32 Å². The van der Waals surface area contributed by atoms with Crippen molar-refractivity contribution in [3.05, 3.63) is 44.7 Å². The Morgan fingerprint density at radius 3 is 2.94 bits per heavy atom. The van der Waals surface area contributed by atoms with Crippen molar-refractivity contribution >= 4 is 27.3 Å². The van der Waals surface area contributed by atoms with E-state index in [-0.39, 0.29) is 22.4 Å². The molecule has 0 saturated carbocycles. The molecule has 2 aromatic rings. The van der Waals surface area contributed by atoms with Crippen LogP contribution in [0.4, 0.5) is 15.8 Å². The van der Waals surface area contributed by atoms with E-state index < -0.39 is 10.7 Å². The molecule has 0 saturated heterocycles. The highest BCUT2D eigenvalue weighted by Gasteiger charge is 2.17. The molecule has 2 rings (SSSR count). The van der Waals surface area contributed by atoms with Crippen LogP contribution in [0.2, 0.25) is 0 Å². The van der Waals surface area contributed by atoms with Gasteiger partial charge in [-0.2, -0.15) is 5.10 Å². The number of nitro benzene ring substituents is 1. The minimum absolute atomic E-state index is 0.146. The lowest BCUT2D eigenvalue weighted by atomic mass is 10.2. The molecule has 0 spiro atoms.